The number of aryl methyl sites for hydroxylation is 1. The first-order valence-corrected chi connectivity index (χ1v) is 13.0. The maximum absolute atomic E-state index is 14.2. The number of fused-ring (bicyclic) bond motifs is 1. The average Bonchev–Trinajstić information content (AvgIpc) is 3.55. The third kappa shape index (κ3) is 5.38. The van der Waals surface area contributed by atoms with Gasteiger partial charge in [-0.15, -0.1) is 0 Å². The summed E-state index contributed by atoms with van der Waals surface area (Å²) in [7, 11) is -3.88. The summed E-state index contributed by atoms with van der Waals surface area (Å²) < 4.78 is 84.8. The van der Waals surface area contributed by atoms with E-state index in [4.69, 9.17) is 0 Å². The molecule has 0 saturated heterocycles. The number of hydrogen-bond acceptors (Lipinski definition) is 3. The van der Waals surface area contributed by atoms with Gasteiger partial charge in [0.2, 0.25) is 10.0 Å². The van der Waals surface area contributed by atoms with Gasteiger partial charge in [0.25, 0.3) is 12.9 Å². The zero-order chi connectivity index (χ0) is 25.7. The Balaban J connectivity index is 1.90. The van der Waals surface area contributed by atoms with Crippen molar-refractivity contribution in [3.8, 4) is 11.1 Å². The summed E-state index contributed by atoms with van der Waals surface area (Å²) in [6.07, 6.45) is -1.95. The number of nitrogens with zero attached hydrogens (tertiary/aromatic N) is 2. The lowest BCUT2D eigenvalue weighted by molar-refractivity contribution is 0.109. The van der Waals surface area contributed by atoms with Gasteiger partial charge in [-0.1, -0.05) is 32.9 Å². The molecule has 0 aliphatic heterocycles. The van der Waals surface area contributed by atoms with Crippen molar-refractivity contribution >= 4 is 20.9 Å². The Morgan fingerprint density at radius 2 is 1.83 bits per heavy atom. The molecule has 4 rings (SSSR count). The molecule has 1 N–H and O–H groups in total. The van der Waals surface area contributed by atoms with Gasteiger partial charge in [0, 0.05) is 41.0 Å². The van der Waals surface area contributed by atoms with Crippen molar-refractivity contribution in [2.45, 2.75) is 71.2 Å². The minimum Gasteiger partial charge on any atom is -0.347 e. The Hall–Kier alpha value is -2.46. The van der Waals surface area contributed by atoms with Crippen LogP contribution in [0.1, 0.15) is 62.9 Å². The highest BCUT2D eigenvalue weighted by Gasteiger charge is 2.40. The number of sulfonamides is 1. The first-order valence-electron chi connectivity index (χ1n) is 11.4. The van der Waals surface area contributed by atoms with Crippen molar-refractivity contribution in [2.24, 2.45) is 5.41 Å². The van der Waals surface area contributed by atoms with Crippen molar-refractivity contribution in [3.05, 3.63) is 53.5 Å². The first-order chi connectivity index (χ1) is 16.3. The highest BCUT2D eigenvalue weighted by atomic mass is 32.2. The van der Waals surface area contributed by atoms with Crippen LogP contribution in [0.3, 0.4) is 0 Å². The molecule has 2 aromatic heterocycles. The van der Waals surface area contributed by atoms with Crippen LogP contribution in [0.4, 0.5) is 17.6 Å². The van der Waals surface area contributed by atoms with Gasteiger partial charge in [0.05, 0.1) is 5.25 Å². The third-order valence-corrected chi connectivity index (χ3v) is 8.01. The van der Waals surface area contributed by atoms with E-state index in [0.717, 1.165) is 0 Å². The maximum atomic E-state index is 14.2. The predicted octanol–water partition coefficient (Wildman–Crippen LogP) is 6.38. The van der Waals surface area contributed by atoms with E-state index in [-0.39, 0.29) is 16.7 Å². The van der Waals surface area contributed by atoms with Crippen LogP contribution in [0.2, 0.25) is 0 Å². The lowest BCUT2D eigenvalue weighted by Gasteiger charge is -2.20. The van der Waals surface area contributed by atoms with Crippen LogP contribution in [0.25, 0.3) is 22.0 Å². The molecule has 1 fully saturated rings. The summed E-state index contributed by atoms with van der Waals surface area (Å²) >= 11 is 0. The molecule has 0 spiro atoms. The predicted molar refractivity (Wildman–Crippen MR) is 128 cm³/mol. The van der Waals surface area contributed by atoms with E-state index < -0.39 is 34.2 Å². The second kappa shape index (κ2) is 9.20. The zero-order valence-corrected chi connectivity index (χ0v) is 20.8. The Kier molecular flexibility index (Phi) is 6.74. The highest BCUT2D eigenvalue weighted by Crippen LogP contribution is 2.38. The lowest BCUT2D eigenvalue weighted by atomic mass is 9.96. The molecule has 0 unspecified atom stereocenters. The molecule has 10 heteroatoms. The molecule has 1 aliphatic carbocycles. The Bertz CT molecular complexity index is 1340. The van der Waals surface area contributed by atoms with Crippen molar-refractivity contribution in [1.82, 2.24) is 14.3 Å². The molecule has 1 aromatic carbocycles. The van der Waals surface area contributed by atoms with Crippen LogP contribution in [-0.2, 0) is 16.6 Å². The molecule has 35 heavy (non-hydrogen) atoms. The normalized spacial score (nSPS) is 15.9. The molecule has 0 amide bonds. The van der Waals surface area contributed by atoms with Gasteiger partial charge in [0.1, 0.15) is 11.7 Å². The van der Waals surface area contributed by atoms with E-state index in [1.54, 1.807) is 42.0 Å². The number of benzene rings is 1. The quantitative estimate of drug-likeness (QED) is 0.357. The van der Waals surface area contributed by atoms with Gasteiger partial charge in [-0.25, -0.2) is 30.7 Å². The highest BCUT2D eigenvalue weighted by molar-refractivity contribution is 7.90. The Labute approximate surface area is 202 Å². The van der Waals surface area contributed by atoms with Crippen LogP contribution in [0.15, 0.2) is 36.7 Å². The number of aromatic nitrogens is 2. The monoisotopic (exact) mass is 511 g/mol. The van der Waals surface area contributed by atoms with E-state index in [2.05, 4.69) is 9.71 Å². The average molecular weight is 512 g/mol. The third-order valence-electron chi connectivity index (χ3n) is 6.08. The second-order valence-corrected chi connectivity index (χ2v) is 12.4. The number of alkyl halides is 4. The van der Waals surface area contributed by atoms with Gasteiger partial charge in [0.15, 0.2) is 0 Å². The van der Waals surface area contributed by atoms with Crippen molar-refractivity contribution in [3.63, 3.8) is 0 Å². The van der Waals surface area contributed by atoms with Gasteiger partial charge in [-0.3, -0.25) is 4.98 Å². The molecule has 0 bridgehead atoms. The summed E-state index contributed by atoms with van der Waals surface area (Å²) in [6, 6.07) is 4.82. The fourth-order valence-corrected chi connectivity index (χ4v) is 5.92. The fraction of sp³-hybridized carbons (Fsp3) is 0.480. The van der Waals surface area contributed by atoms with Crippen LogP contribution >= 0.6 is 0 Å². The van der Waals surface area contributed by atoms with E-state index in [0.29, 0.717) is 47.0 Å². The molecular formula is C25H29F4N3O2S. The summed E-state index contributed by atoms with van der Waals surface area (Å²) in [5.74, 6) is 0. The molecule has 1 aliphatic rings. The van der Waals surface area contributed by atoms with Crippen molar-refractivity contribution < 1.29 is 26.0 Å². The van der Waals surface area contributed by atoms with E-state index in [1.807, 2.05) is 20.8 Å². The SMILES string of the molecule is Cc1ccnc(C(F)F)c1-c1ccc2c([C@H](NS(=O)(=O)C3CC3)C(F)F)cn(CC(C)(C)C)c2c1. The molecule has 0 radical (unpaired) electrons. The van der Waals surface area contributed by atoms with Crippen LogP contribution in [0, 0.1) is 12.3 Å². The van der Waals surface area contributed by atoms with Crippen LogP contribution in [0.5, 0.6) is 0 Å². The van der Waals surface area contributed by atoms with Gasteiger partial charge in [-0.05, 0) is 48.4 Å². The second-order valence-electron chi connectivity index (χ2n) is 10.4. The number of nitrogens with one attached hydrogen (secondary N) is 1. The molecule has 1 atom stereocenters. The number of rotatable bonds is 8. The maximum Gasteiger partial charge on any atom is 0.280 e. The van der Waals surface area contributed by atoms with Gasteiger partial charge in [-0.2, -0.15) is 0 Å². The molecule has 5 nitrogen and oxygen atoms in total. The Morgan fingerprint density at radius 1 is 1.14 bits per heavy atom. The smallest absolute Gasteiger partial charge is 0.280 e. The largest absolute Gasteiger partial charge is 0.347 e. The van der Waals surface area contributed by atoms with E-state index in [1.165, 1.54) is 6.20 Å². The molecule has 190 valence electrons. The van der Waals surface area contributed by atoms with Crippen LogP contribution in [-0.4, -0.2) is 29.6 Å². The molecular weight excluding hydrogens is 482 g/mol. The number of pyridine rings is 1. The Morgan fingerprint density at radius 3 is 2.40 bits per heavy atom. The van der Waals surface area contributed by atoms with Gasteiger partial charge < -0.3 is 4.57 Å². The zero-order valence-electron chi connectivity index (χ0n) is 20.0. The molecule has 1 saturated carbocycles. The van der Waals surface area contributed by atoms with E-state index in [9.17, 15) is 26.0 Å². The van der Waals surface area contributed by atoms with Crippen molar-refractivity contribution in [2.75, 3.05) is 0 Å². The molecule has 2 heterocycles. The standard InChI is InChI=1S/C25H29F4N3O2S/c1-14-9-10-30-22(24(28)29)20(14)15-5-8-17-18(12-32(19(17)11-15)13-25(2,3)4)21(23(26)27)31-35(33,34)16-6-7-16/h5,8-12,16,21,23-24,31H,6-7,13H2,1-4H3/t21-/m0/s1. The summed E-state index contributed by atoms with van der Waals surface area (Å²) in [5.41, 5.74) is 1.55. The summed E-state index contributed by atoms with van der Waals surface area (Å²) in [5, 5.41) is -0.193. The summed E-state index contributed by atoms with van der Waals surface area (Å²) in [4.78, 5) is 3.86. The minimum atomic E-state index is -3.88. The number of halogens is 4. The lowest BCUT2D eigenvalue weighted by Crippen LogP contribution is -2.35. The molecule has 3 aromatic rings. The van der Waals surface area contributed by atoms with Crippen molar-refractivity contribution in [1.29, 1.82) is 0 Å². The van der Waals surface area contributed by atoms with Crippen LogP contribution < -0.4 is 4.72 Å². The number of hydrogen-bond donors (Lipinski definition) is 1. The first kappa shape index (κ1) is 25.6. The fourth-order valence-electron chi connectivity index (χ4n) is 4.39. The minimum absolute atomic E-state index is 0.159. The van der Waals surface area contributed by atoms with E-state index >= 15 is 0 Å². The topological polar surface area (TPSA) is 64.0 Å². The summed E-state index contributed by atoms with van der Waals surface area (Å²) in [6.45, 7) is 8.13. The van der Waals surface area contributed by atoms with Gasteiger partial charge >= 0.3 is 0 Å².